The molecule has 1 saturated heterocycles. The lowest BCUT2D eigenvalue weighted by Crippen LogP contribution is -2.27. The molecule has 0 aromatic carbocycles. The molecule has 1 aliphatic heterocycles. The van der Waals surface area contributed by atoms with Crippen molar-refractivity contribution in [2.24, 2.45) is 4.99 Å². The number of amides is 2. The molecule has 4 aromatic heterocycles. The van der Waals surface area contributed by atoms with E-state index in [0.29, 0.717) is 46.0 Å². The van der Waals surface area contributed by atoms with Crippen LogP contribution in [0.2, 0.25) is 0 Å². The van der Waals surface area contributed by atoms with Crippen LogP contribution in [0.5, 0.6) is 0 Å². The van der Waals surface area contributed by atoms with Crippen molar-refractivity contribution in [2.45, 2.75) is 33.1 Å². The van der Waals surface area contributed by atoms with Crippen LogP contribution < -0.4 is 5.32 Å². The zero-order valence-electron chi connectivity index (χ0n) is 20.7. The van der Waals surface area contributed by atoms with Gasteiger partial charge in [-0.1, -0.05) is 13.0 Å². The van der Waals surface area contributed by atoms with E-state index in [1.165, 1.54) is 0 Å². The van der Waals surface area contributed by atoms with Gasteiger partial charge in [0.1, 0.15) is 17.0 Å². The molecule has 4 aromatic rings. The molecule has 0 spiro atoms. The largest absolute Gasteiger partial charge is 0.339 e. The molecular weight excluding hydrogens is 470 g/mol. The zero-order chi connectivity index (χ0) is 25.9. The summed E-state index contributed by atoms with van der Waals surface area (Å²) in [5.74, 6) is 0.729. The van der Waals surface area contributed by atoms with Crippen LogP contribution in [0.3, 0.4) is 0 Å². The van der Waals surface area contributed by atoms with Crippen molar-refractivity contribution >= 4 is 46.2 Å². The zero-order valence-corrected chi connectivity index (χ0v) is 20.7. The number of allylic oxidation sites excluding steroid dienone is 3. The number of carbonyl (C=O) groups excluding carboxylic acids is 2. The van der Waals surface area contributed by atoms with E-state index >= 15 is 0 Å². The van der Waals surface area contributed by atoms with E-state index in [1.807, 2.05) is 24.0 Å². The van der Waals surface area contributed by atoms with Crippen LogP contribution in [0.1, 0.15) is 49.0 Å². The number of aliphatic imine (C=N–C) groups is 1. The minimum atomic E-state index is -0.137. The summed E-state index contributed by atoms with van der Waals surface area (Å²) in [6, 6.07) is 1.97. The second-order valence-electron chi connectivity index (χ2n) is 8.82. The Morgan fingerprint density at radius 3 is 2.78 bits per heavy atom. The second kappa shape index (κ2) is 10.1. The van der Waals surface area contributed by atoms with Crippen LogP contribution in [0.15, 0.2) is 47.6 Å². The molecule has 0 bridgehead atoms. The number of aromatic nitrogens is 6. The number of nitrogens with zero attached hydrogens (tertiary/aromatic N) is 6. The molecule has 11 heteroatoms. The number of likely N-dealkylation sites (tertiary alicyclic amines) is 1. The number of fused-ring (bicyclic) bond motifs is 2. The molecule has 0 unspecified atom stereocenters. The molecule has 3 N–H and O–H groups in total. The number of nitrogens with one attached hydrogen (secondary N) is 3. The lowest BCUT2D eigenvalue weighted by Gasteiger charge is -2.14. The standard InChI is InChI=1S/C26H27N9O2/c1-4-21(36)31-20(27-3)8-7-15(2)16-11-17-23(33-34-24(17)29-12-16)25-30-19-14-28-13-18(22(19)32-25)26(37)35-9-5-6-10-35/h7-8,11-14H,3-6,9-10H2,1-2H3,(H,30,32)(H,31,36)(H,29,33,34). The van der Waals surface area contributed by atoms with Crippen molar-refractivity contribution in [1.29, 1.82) is 0 Å². The molecule has 5 rings (SSSR count). The molecule has 37 heavy (non-hydrogen) atoms. The summed E-state index contributed by atoms with van der Waals surface area (Å²) in [7, 11) is 0. The summed E-state index contributed by atoms with van der Waals surface area (Å²) in [5.41, 5.74) is 4.70. The fourth-order valence-electron chi connectivity index (χ4n) is 4.26. The highest BCUT2D eigenvalue weighted by Crippen LogP contribution is 2.29. The fourth-order valence-corrected chi connectivity index (χ4v) is 4.26. The molecule has 188 valence electrons. The van der Waals surface area contributed by atoms with Gasteiger partial charge in [-0.3, -0.25) is 19.7 Å². The lowest BCUT2D eigenvalue weighted by atomic mass is 10.1. The van der Waals surface area contributed by atoms with E-state index in [0.717, 1.165) is 42.5 Å². The molecule has 0 aliphatic carbocycles. The normalized spacial score (nSPS) is 14.5. The van der Waals surface area contributed by atoms with Gasteiger partial charge in [-0.25, -0.2) is 15.0 Å². The van der Waals surface area contributed by atoms with Gasteiger partial charge in [0, 0.05) is 31.9 Å². The third kappa shape index (κ3) is 4.75. The van der Waals surface area contributed by atoms with Crippen LogP contribution >= 0.6 is 0 Å². The SMILES string of the molecule is C=NC(=CC=C(C)c1cnc2n[nH]c(-c3nc4c(C(=O)N5CCCC5)cncc4[nH]3)c2c1)NC(=O)CC. The van der Waals surface area contributed by atoms with E-state index in [-0.39, 0.29) is 11.8 Å². The highest BCUT2D eigenvalue weighted by molar-refractivity contribution is 6.05. The molecule has 1 aliphatic rings. The summed E-state index contributed by atoms with van der Waals surface area (Å²) in [4.78, 5) is 47.2. The smallest absolute Gasteiger partial charge is 0.257 e. The Labute approximate surface area is 212 Å². The van der Waals surface area contributed by atoms with Gasteiger partial charge in [-0.05, 0) is 49.8 Å². The number of imidazole rings is 1. The molecule has 11 nitrogen and oxygen atoms in total. The fraction of sp³-hybridized carbons (Fsp3) is 0.269. The predicted octanol–water partition coefficient (Wildman–Crippen LogP) is 3.60. The maximum atomic E-state index is 13.1. The molecule has 0 atom stereocenters. The highest BCUT2D eigenvalue weighted by Gasteiger charge is 2.24. The van der Waals surface area contributed by atoms with Gasteiger partial charge in [0.05, 0.1) is 22.7 Å². The first-order chi connectivity index (χ1) is 18.0. The summed E-state index contributed by atoms with van der Waals surface area (Å²) in [6.45, 7) is 8.72. The number of hydrogen-bond donors (Lipinski definition) is 3. The number of H-pyrrole nitrogens is 2. The number of pyridine rings is 2. The number of carbonyl (C=O) groups is 2. The molecule has 5 heterocycles. The first kappa shape index (κ1) is 24.0. The van der Waals surface area contributed by atoms with Crippen LogP contribution in [0.4, 0.5) is 0 Å². The molecule has 0 saturated carbocycles. The first-order valence-electron chi connectivity index (χ1n) is 12.1. The van der Waals surface area contributed by atoms with Crippen molar-refractivity contribution in [1.82, 2.24) is 40.3 Å². The Morgan fingerprint density at radius 1 is 1.22 bits per heavy atom. The van der Waals surface area contributed by atoms with Crippen molar-refractivity contribution in [2.75, 3.05) is 13.1 Å². The first-order valence-corrected chi connectivity index (χ1v) is 12.1. The summed E-state index contributed by atoms with van der Waals surface area (Å²) >= 11 is 0. The minimum absolute atomic E-state index is 0.0515. The third-order valence-corrected chi connectivity index (χ3v) is 6.37. The monoisotopic (exact) mass is 497 g/mol. The van der Waals surface area contributed by atoms with Crippen molar-refractivity contribution in [3.8, 4) is 11.5 Å². The highest BCUT2D eigenvalue weighted by atomic mass is 16.2. The maximum Gasteiger partial charge on any atom is 0.257 e. The maximum absolute atomic E-state index is 13.1. The topological polar surface area (TPSA) is 145 Å². The Kier molecular flexibility index (Phi) is 6.59. The predicted molar refractivity (Wildman–Crippen MR) is 142 cm³/mol. The Balaban J connectivity index is 1.50. The van der Waals surface area contributed by atoms with E-state index in [9.17, 15) is 9.59 Å². The summed E-state index contributed by atoms with van der Waals surface area (Å²) in [5, 5.41) is 10.8. The molecular formula is C26H27N9O2. The average Bonchev–Trinajstić information content (AvgIpc) is 3.68. The van der Waals surface area contributed by atoms with Gasteiger partial charge in [-0.15, -0.1) is 0 Å². The van der Waals surface area contributed by atoms with Gasteiger partial charge in [0.2, 0.25) is 5.91 Å². The minimum Gasteiger partial charge on any atom is -0.339 e. The van der Waals surface area contributed by atoms with Gasteiger partial charge in [-0.2, -0.15) is 5.10 Å². The van der Waals surface area contributed by atoms with Crippen molar-refractivity contribution < 1.29 is 9.59 Å². The second-order valence-corrected chi connectivity index (χ2v) is 8.82. The van der Waals surface area contributed by atoms with Gasteiger partial charge in [0.15, 0.2) is 11.5 Å². The van der Waals surface area contributed by atoms with Crippen molar-refractivity contribution in [3.63, 3.8) is 0 Å². The number of aromatic amines is 2. The molecule has 0 radical (unpaired) electrons. The summed E-state index contributed by atoms with van der Waals surface area (Å²) in [6.07, 6.45) is 10.9. The van der Waals surface area contributed by atoms with Gasteiger partial charge in [0.25, 0.3) is 5.91 Å². The third-order valence-electron chi connectivity index (χ3n) is 6.37. The number of hydrogen-bond acceptors (Lipinski definition) is 7. The Bertz CT molecular complexity index is 1570. The number of rotatable bonds is 7. The Hall–Kier alpha value is -4.67. The van der Waals surface area contributed by atoms with E-state index in [2.05, 4.69) is 42.2 Å². The van der Waals surface area contributed by atoms with Crippen LogP contribution in [0, 0.1) is 0 Å². The molecule has 2 amide bonds. The van der Waals surface area contributed by atoms with Crippen LogP contribution in [-0.4, -0.2) is 66.7 Å². The van der Waals surface area contributed by atoms with Crippen LogP contribution in [-0.2, 0) is 4.79 Å². The average molecular weight is 498 g/mol. The summed E-state index contributed by atoms with van der Waals surface area (Å²) < 4.78 is 0. The molecule has 1 fully saturated rings. The van der Waals surface area contributed by atoms with Crippen molar-refractivity contribution in [3.05, 3.63) is 53.8 Å². The Morgan fingerprint density at radius 2 is 2.03 bits per heavy atom. The van der Waals surface area contributed by atoms with Gasteiger partial charge < -0.3 is 15.2 Å². The van der Waals surface area contributed by atoms with Crippen LogP contribution in [0.25, 0.3) is 39.2 Å². The van der Waals surface area contributed by atoms with Gasteiger partial charge >= 0.3 is 0 Å². The quantitative estimate of drug-likeness (QED) is 0.263. The van der Waals surface area contributed by atoms with E-state index in [1.54, 1.807) is 31.6 Å². The lowest BCUT2D eigenvalue weighted by molar-refractivity contribution is -0.120. The van der Waals surface area contributed by atoms with E-state index in [4.69, 9.17) is 4.98 Å². The van der Waals surface area contributed by atoms with E-state index < -0.39 is 0 Å².